The Balaban J connectivity index is 1.59. The molecule has 1 aromatic carbocycles. The van der Waals surface area contributed by atoms with Crippen LogP contribution in [0.2, 0.25) is 0 Å². The lowest BCUT2D eigenvalue weighted by Crippen LogP contribution is -2.25. The van der Waals surface area contributed by atoms with Crippen LogP contribution in [0.25, 0.3) is 0 Å². The topological polar surface area (TPSA) is 64.4 Å². The van der Waals surface area contributed by atoms with Crippen molar-refractivity contribution in [3.8, 4) is 5.75 Å². The Hall–Kier alpha value is -1.62. The Morgan fingerprint density at radius 1 is 1.45 bits per heavy atom. The van der Waals surface area contributed by atoms with Crippen molar-refractivity contribution in [1.29, 1.82) is 0 Å². The number of hydrogen-bond acceptors (Lipinski definition) is 4. The molecule has 108 valence electrons. The minimum Gasteiger partial charge on any atom is -0.490 e. The first-order chi connectivity index (χ1) is 9.64. The predicted octanol–water partition coefficient (Wildman–Crippen LogP) is 2.88. The highest BCUT2D eigenvalue weighted by Gasteiger charge is 2.53. The highest BCUT2D eigenvalue weighted by atomic mass is 16.6. The van der Waals surface area contributed by atoms with Gasteiger partial charge >= 0.3 is 5.69 Å². The van der Waals surface area contributed by atoms with Crippen LogP contribution in [0.3, 0.4) is 0 Å². The molecule has 0 bridgehead atoms. The Bertz CT molecular complexity index is 522. The van der Waals surface area contributed by atoms with Gasteiger partial charge in [0.1, 0.15) is 0 Å². The molecule has 0 spiro atoms. The van der Waals surface area contributed by atoms with Crippen molar-refractivity contribution < 1.29 is 9.66 Å². The van der Waals surface area contributed by atoms with Crippen LogP contribution in [-0.2, 0) is 6.54 Å². The average Bonchev–Trinajstić information content (AvgIpc) is 3.30. The van der Waals surface area contributed by atoms with Gasteiger partial charge in [-0.3, -0.25) is 10.1 Å². The van der Waals surface area contributed by atoms with Crippen LogP contribution in [0.5, 0.6) is 5.75 Å². The molecule has 5 nitrogen and oxygen atoms in total. The van der Waals surface area contributed by atoms with E-state index in [4.69, 9.17) is 4.74 Å². The van der Waals surface area contributed by atoms with E-state index in [0.29, 0.717) is 17.7 Å². The van der Waals surface area contributed by atoms with Gasteiger partial charge in [-0.2, -0.15) is 0 Å². The second-order valence-corrected chi connectivity index (χ2v) is 6.00. The van der Waals surface area contributed by atoms with Crippen molar-refractivity contribution >= 4 is 5.69 Å². The van der Waals surface area contributed by atoms with E-state index in [0.717, 1.165) is 18.0 Å². The van der Waals surface area contributed by atoms with Gasteiger partial charge in [-0.05, 0) is 48.6 Å². The maximum absolute atomic E-state index is 11.0. The Morgan fingerprint density at radius 2 is 2.20 bits per heavy atom. The number of rotatable bonds is 7. The molecule has 1 aromatic rings. The molecule has 0 aromatic heterocycles. The van der Waals surface area contributed by atoms with E-state index in [-0.39, 0.29) is 5.69 Å². The third kappa shape index (κ3) is 2.63. The summed E-state index contributed by atoms with van der Waals surface area (Å²) in [5.74, 6) is 1.25. The van der Waals surface area contributed by atoms with Gasteiger partial charge in [0, 0.05) is 19.2 Å². The molecule has 2 saturated carbocycles. The summed E-state index contributed by atoms with van der Waals surface area (Å²) >= 11 is 0. The lowest BCUT2D eigenvalue weighted by atomic mass is 10.0. The van der Waals surface area contributed by atoms with Gasteiger partial charge in [-0.25, -0.2) is 0 Å². The normalized spacial score (nSPS) is 19.6. The summed E-state index contributed by atoms with van der Waals surface area (Å²) in [5, 5.41) is 14.4. The van der Waals surface area contributed by atoms with Crippen LogP contribution < -0.4 is 10.1 Å². The molecule has 0 radical (unpaired) electrons. The van der Waals surface area contributed by atoms with Gasteiger partial charge in [0.2, 0.25) is 0 Å². The van der Waals surface area contributed by atoms with Crippen LogP contribution in [0, 0.1) is 21.4 Å². The zero-order chi connectivity index (χ0) is 14.2. The number of nitro benzene ring substituents is 1. The summed E-state index contributed by atoms with van der Waals surface area (Å²) in [4.78, 5) is 10.6. The minimum atomic E-state index is -0.394. The zero-order valence-electron chi connectivity index (χ0n) is 11.7. The molecular weight excluding hydrogens is 256 g/mol. The maximum Gasteiger partial charge on any atom is 0.311 e. The molecule has 20 heavy (non-hydrogen) atoms. The summed E-state index contributed by atoms with van der Waals surface area (Å²) in [5.41, 5.74) is 1.53. The van der Waals surface area contributed by atoms with Gasteiger partial charge in [0.05, 0.1) is 12.0 Å². The van der Waals surface area contributed by atoms with Crippen LogP contribution in [0.15, 0.2) is 18.2 Å². The first kappa shape index (κ1) is 13.4. The van der Waals surface area contributed by atoms with Crippen LogP contribution in [0.1, 0.15) is 31.2 Å². The molecule has 2 fully saturated rings. The van der Waals surface area contributed by atoms with Crippen molar-refractivity contribution in [1.82, 2.24) is 5.32 Å². The number of ether oxygens (including phenoxy) is 1. The number of nitro groups is 1. The molecule has 0 heterocycles. The monoisotopic (exact) mass is 276 g/mol. The van der Waals surface area contributed by atoms with Crippen molar-refractivity contribution in [3.63, 3.8) is 0 Å². The predicted molar refractivity (Wildman–Crippen MR) is 75.7 cm³/mol. The second kappa shape index (κ2) is 5.05. The van der Waals surface area contributed by atoms with Crippen molar-refractivity contribution in [2.24, 2.45) is 11.3 Å². The fourth-order valence-electron chi connectivity index (χ4n) is 3.03. The van der Waals surface area contributed by atoms with Gasteiger partial charge in [-0.15, -0.1) is 0 Å². The number of benzene rings is 1. The van der Waals surface area contributed by atoms with Crippen molar-refractivity contribution in [3.05, 3.63) is 33.9 Å². The standard InChI is InChI=1S/C15H20N2O3/c1-20-14-5-2-11(8-13(14)17(18)19)9-16-10-15(6-7-15)12-3-4-12/h2,5,8,12,16H,3-4,6-7,9-10H2,1H3. The average molecular weight is 276 g/mol. The van der Waals surface area contributed by atoms with E-state index < -0.39 is 4.92 Å². The molecular formula is C15H20N2O3. The molecule has 0 unspecified atom stereocenters. The van der Waals surface area contributed by atoms with Crippen LogP contribution in [-0.4, -0.2) is 18.6 Å². The van der Waals surface area contributed by atoms with E-state index in [1.54, 1.807) is 12.1 Å². The van der Waals surface area contributed by atoms with Crippen molar-refractivity contribution in [2.75, 3.05) is 13.7 Å². The fraction of sp³-hybridized carbons (Fsp3) is 0.600. The smallest absolute Gasteiger partial charge is 0.311 e. The van der Waals surface area contributed by atoms with E-state index in [1.165, 1.54) is 32.8 Å². The molecule has 5 heteroatoms. The lowest BCUT2D eigenvalue weighted by Gasteiger charge is -2.15. The third-order valence-electron chi connectivity index (χ3n) is 4.58. The number of nitrogens with one attached hydrogen (secondary N) is 1. The summed E-state index contributed by atoms with van der Waals surface area (Å²) in [6.07, 6.45) is 5.45. The largest absolute Gasteiger partial charge is 0.490 e. The summed E-state index contributed by atoms with van der Waals surface area (Å²) in [7, 11) is 1.45. The Labute approximate surface area is 118 Å². The molecule has 3 rings (SSSR count). The highest BCUT2D eigenvalue weighted by molar-refractivity contribution is 5.48. The lowest BCUT2D eigenvalue weighted by molar-refractivity contribution is -0.385. The Kier molecular flexibility index (Phi) is 3.38. The Morgan fingerprint density at radius 3 is 2.75 bits per heavy atom. The van der Waals surface area contributed by atoms with E-state index in [2.05, 4.69) is 5.32 Å². The van der Waals surface area contributed by atoms with Gasteiger partial charge in [0.25, 0.3) is 0 Å². The second-order valence-electron chi connectivity index (χ2n) is 6.00. The summed E-state index contributed by atoms with van der Waals surface area (Å²) in [6, 6.07) is 5.15. The molecule has 2 aliphatic rings. The molecule has 1 N–H and O–H groups in total. The van der Waals surface area contributed by atoms with E-state index in [9.17, 15) is 10.1 Å². The molecule has 0 amide bonds. The highest BCUT2D eigenvalue weighted by Crippen LogP contribution is 2.60. The summed E-state index contributed by atoms with van der Waals surface area (Å²) in [6.45, 7) is 1.72. The number of hydrogen-bond donors (Lipinski definition) is 1. The molecule has 2 aliphatic carbocycles. The van der Waals surface area contributed by atoms with Crippen LogP contribution in [0.4, 0.5) is 5.69 Å². The van der Waals surface area contributed by atoms with Gasteiger partial charge in [-0.1, -0.05) is 6.07 Å². The number of nitrogens with zero attached hydrogens (tertiary/aromatic N) is 1. The molecule has 0 saturated heterocycles. The fourth-order valence-corrected chi connectivity index (χ4v) is 3.03. The SMILES string of the molecule is COc1ccc(CNCC2(C3CC3)CC2)cc1[N+](=O)[O-]. The summed E-state index contributed by atoms with van der Waals surface area (Å²) < 4.78 is 5.01. The van der Waals surface area contributed by atoms with Crippen LogP contribution >= 0.6 is 0 Å². The van der Waals surface area contributed by atoms with Gasteiger partial charge < -0.3 is 10.1 Å². The zero-order valence-corrected chi connectivity index (χ0v) is 11.7. The van der Waals surface area contributed by atoms with Crippen molar-refractivity contribution in [2.45, 2.75) is 32.2 Å². The van der Waals surface area contributed by atoms with E-state index >= 15 is 0 Å². The van der Waals surface area contributed by atoms with Gasteiger partial charge in [0.15, 0.2) is 5.75 Å². The molecule has 0 aliphatic heterocycles. The minimum absolute atomic E-state index is 0.0372. The number of methoxy groups -OCH3 is 1. The quantitative estimate of drug-likeness (QED) is 0.614. The van der Waals surface area contributed by atoms with E-state index in [1.807, 2.05) is 6.07 Å². The third-order valence-corrected chi connectivity index (χ3v) is 4.58. The maximum atomic E-state index is 11.0. The first-order valence-electron chi connectivity index (χ1n) is 7.17. The first-order valence-corrected chi connectivity index (χ1v) is 7.17. The molecule has 0 atom stereocenters.